The van der Waals surface area contributed by atoms with Crippen LogP contribution in [0.15, 0.2) is 4.47 Å². The van der Waals surface area contributed by atoms with Gasteiger partial charge in [-0.05, 0) is 48.7 Å². The molecule has 104 valence electrons. The second-order valence-electron chi connectivity index (χ2n) is 4.22. The van der Waals surface area contributed by atoms with Gasteiger partial charge in [0, 0.05) is 20.2 Å². The Morgan fingerprint density at radius 1 is 1.33 bits per heavy atom. The number of methoxy groups -OCH3 is 1. The van der Waals surface area contributed by atoms with Gasteiger partial charge in [0.2, 0.25) is 0 Å². The van der Waals surface area contributed by atoms with E-state index in [1.54, 1.807) is 7.11 Å². The first kappa shape index (κ1) is 15.7. The third-order valence-corrected chi connectivity index (χ3v) is 3.86. The molecule has 1 aromatic heterocycles. The molecule has 1 heterocycles. The summed E-state index contributed by atoms with van der Waals surface area (Å²) in [4.78, 5) is 0. The lowest BCUT2D eigenvalue weighted by atomic mass is 10.2. The summed E-state index contributed by atoms with van der Waals surface area (Å²) in [6, 6.07) is 0. The molecule has 0 spiro atoms. The molecule has 0 saturated heterocycles. The zero-order valence-electron chi connectivity index (χ0n) is 11.6. The molecule has 0 aliphatic rings. The maximum Gasteiger partial charge on any atom is 0.0766 e. The van der Waals surface area contributed by atoms with Crippen LogP contribution in [0.3, 0.4) is 0 Å². The van der Waals surface area contributed by atoms with Crippen LogP contribution in [-0.4, -0.2) is 36.6 Å². The predicted molar refractivity (Wildman–Crippen MR) is 78.0 cm³/mol. The fourth-order valence-electron chi connectivity index (χ4n) is 1.94. The minimum atomic E-state index is 0.774. The van der Waals surface area contributed by atoms with Crippen molar-refractivity contribution in [2.45, 2.75) is 39.7 Å². The lowest BCUT2D eigenvalue weighted by molar-refractivity contribution is 0.199. The topological polar surface area (TPSA) is 39.1 Å². The van der Waals surface area contributed by atoms with Gasteiger partial charge in [-0.2, -0.15) is 5.10 Å². The molecule has 1 rings (SSSR count). The minimum Gasteiger partial charge on any atom is -0.383 e. The van der Waals surface area contributed by atoms with Gasteiger partial charge in [0.05, 0.1) is 22.5 Å². The summed E-state index contributed by atoms with van der Waals surface area (Å²) in [5.41, 5.74) is 2.49. The average Bonchev–Trinajstić information content (AvgIpc) is 2.70. The van der Waals surface area contributed by atoms with E-state index in [-0.39, 0.29) is 0 Å². The Morgan fingerprint density at radius 3 is 2.72 bits per heavy atom. The highest BCUT2D eigenvalue weighted by atomic mass is 79.9. The zero-order chi connectivity index (χ0) is 13.4. The van der Waals surface area contributed by atoms with E-state index in [0.717, 1.165) is 45.5 Å². The first-order valence-electron chi connectivity index (χ1n) is 6.68. The van der Waals surface area contributed by atoms with Crippen LogP contribution in [0.5, 0.6) is 0 Å². The Morgan fingerprint density at radius 2 is 2.11 bits per heavy atom. The molecule has 0 fully saturated rings. The van der Waals surface area contributed by atoms with Crippen molar-refractivity contribution >= 4 is 15.9 Å². The van der Waals surface area contributed by atoms with E-state index >= 15 is 0 Å². The minimum absolute atomic E-state index is 0.774. The van der Waals surface area contributed by atoms with Crippen LogP contribution in [0.4, 0.5) is 0 Å². The van der Waals surface area contributed by atoms with Gasteiger partial charge in [-0.1, -0.05) is 6.92 Å². The van der Waals surface area contributed by atoms with Crippen molar-refractivity contribution in [3.63, 3.8) is 0 Å². The fourth-order valence-corrected chi connectivity index (χ4v) is 2.70. The van der Waals surface area contributed by atoms with Gasteiger partial charge in [-0.15, -0.1) is 0 Å². The van der Waals surface area contributed by atoms with E-state index < -0.39 is 0 Å². The van der Waals surface area contributed by atoms with E-state index in [4.69, 9.17) is 4.74 Å². The molecule has 0 atom stereocenters. The number of rotatable bonds is 9. The quantitative estimate of drug-likeness (QED) is 0.711. The van der Waals surface area contributed by atoms with Crippen LogP contribution in [0, 0.1) is 0 Å². The Kier molecular flexibility index (Phi) is 7.54. The molecule has 0 aromatic carbocycles. The maximum absolute atomic E-state index is 5.00. The lowest BCUT2D eigenvalue weighted by Gasteiger charge is -2.06. The van der Waals surface area contributed by atoms with Crippen LogP contribution in [-0.2, 0) is 24.1 Å². The Bertz CT molecular complexity index is 352. The number of halogens is 1. The first-order valence-corrected chi connectivity index (χ1v) is 7.47. The van der Waals surface area contributed by atoms with Gasteiger partial charge in [0.15, 0.2) is 0 Å². The van der Waals surface area contributed by atoms with Gasteiger partial charge < -0.3 is 10.1 Å². The summed E-state index contributed by atoms with van der Waals surface area (Å²) in [5.74, 6) is 0. The van der Waals surface area contributed by atoms with Gasteiger partial charge in [0.25, 0.3) is 0 Å². The van der Waals surface area contributed by atoms with Crippen LogP contribution < -0.4 is 5.32 Å². The molecule has 5 heteroatoms. The van der Waals surface area contributed by atoms with E-state index in [1.165, 1.54) is 15.9 Å². The highest BCUT2D eigenvalue weighted by Crippen LogP contribution is 2.23. The summed E-state index contributed by atoms with van der Waals surface area (Å²) < 4.78 is 8.30. The highest BCUT2D eigenvalue weighted by molar-refractivity contribution is 9.10. The monoisotopic (exact) mass is 317 g/mol. The largest absolute Gasteiger partial charge is 0.383 e. The van der Waals surface area contributed by atoms with Crippen LogP contribution in [0.1, 0.15) is 31.7 Å². The van der Waals surface area contributed by atoms with Crippen molar-refractivity contribution in [3.8, 4) is 0 Å². The maximum atomic E-state index is 5.00. The molecule has 0 saturated carbocycles. The van der Waals surface area contributed by atoms with Gasteiger partial charge >= 0.3 is 0 Å². The van der Waals surface area contributed by atoms with Crippen molar-refractivity contribution in [1.82, 2.24) is 15.1 Å². The van der Waals surface area contributed by atoms with Crippen molar-refractivity contribution in [1.29, 1.82) is 0 Å². The molecule has 18 heavy (non-hydrogen) atoms. The van der Waals surface area contributed by atoms with E-state index in [2.05, 4.69) is 44.9 Å². The molecule has 0 unspecified atom stereocenters. The number of nitrogens with zero attached hydrogens (tertiary/aromatic N) is 2. The van der Waals surface area contributed by atoms with Crippen molar-refractivity contribution in [2.75, 3.05) is 26.8 Å². The summed E-state index contributed by atoms with van der Waals surface area (Å²) in [5, 5.41) is 7.97. The van der Waals surface area contributed by atoms with E-state index in [1.807, 2.05) is 0 Å². The summed E-state index contributed by atoms with van der Waals surface area (Å²) >= 11 is 3.67. The van der Waals surface area contributed by atoms with Gasteiger partial charge in [-0.25, -0.2) is 0 Å². The van der Waals surface area contributed by atoms with Crippen molar-refractivity contribution < 1.29 is 4.74 Å². The highest BCUT2D eigenvalue weighted by Gasteiger charge is 2.12. The summed E-state index contributed by atoms with van der Waals surface area (Å²) in [7, 11) is 1.73. The Labute approximate surface area is 118 Å². The molecule has 1 aromatic rings. The number of hydrogen-bond donors (Lipinski definition) is 1. The molecule has 0 radical (unpaired) electrons. The second-order valence-corrected chi connectivity index (χ2v) is 5.02. The van der Waals surface area contributed by atoms with E-state index in [0.29, 0.717) is 0 Å². The molecule has 0 aliphatic carbocycles. The van der Waals surface area contributed by atoms with Gasteiger partial charge in [-0.3, -0.25) is 4.68 Å². The number of ether oxygens (including phenoxy) is 1. The SMILES string of the molecule is CCc1nn(CC)c(CCCNCCOC)c1Br. The molecule has 1 N–H and O–H groups in total. The zero-order valence-corrected chi connectivity index (χ0v) is 13.2. The number of aromatic nitrogens is 2. The third kappa shape index (κ3) is 4.37. The van der Waals surface area contributed by atoms with Crippen LogP contribution in [0.2, 0.25) is 0 Å². The third-order valence-electron chi connectivity index (χ3n) is 2.94. The molecular formula is C13H24BrN3O. The average molecular weight is 318 g/mol. The van der Waals surface area contributed by atoms with Gasteiger partial charge in [0.1, 0.15) is 0 Å². The lowest BCUT2D eigenvalue weighted by Crippen LogP contribution is -2.21. The molecule has 0 aliphatic heterocycles. The molecular weight excluding hydrogens is 294 g/mol. The second kappa shape index (κ2) is 8.67. The smallest absolute Gasteiger partial charge is 0.0766 e. The van der Waals surface area contributed by atoms with E-state index in [9.17, 15) is 0 Å². The van der Waals surface area contributed by atoms with Crippen molar-refractivity contribution in [3.05, 3.63) is 15.9 Å². The Hall–Kier alpha value is -0.390. The molecule has 0 bridgehead atoms. The normalized spacial score (nSPS) is 11.1. The Balaban J connectivity index is 2.43. The predicted octanol–water partition coefficient (Wildman–Crippen LogP) is 2.40. The fraction of sp³-hybridized carbons (Fsp3) is 0.769. The molecule has 0 amide bonds. The number of hydrogen-bond acceptors (Lipinski definition) is 3. The van der Waals surface area contributed by atoms with Crippen molar-refractivity contribution in [2.24, 2.45) is 0 Å². The number of aryl methyl sites for hydroxylation is 2. The summed E-state index contributed by atoms with van der Waals surface area (Å²) in [6.45, 7) is 7.93. The first-order chi connectivity index (χ1) is 8.74. The molecule has 4 nitrogen and oxygen atoms in total. The number of nitrogens with one attached hydrogen (secondary N) is 1. The van der Waals surface area contributed by atoms with Crippen LogP contribution in [0.25, 0.3) is 0 Å². The summed E-state index contributed by atoms with van der Waals surface area (Å²) in [6.07, 6.45) is 3.16. The standard InChI is InChI=1S/C13H24BrN3O/c1-4-11-13(14)12(17(5-2)16-11)7-6-8-15-9-10-18-3/h15H,4-10H2,1-3H3. The van der Waals surface area contributed by atoms with Crippen LogP contribution >= 0.6 is 15.9 Å².